The van der Waals surface area contributed by atoms with E-state index in [1.165, 1.54) is 12.1 Å². The van der Waals surface area contributed by atoms with E-state index in [-0.39, 0.29) is 5.82 Å². The molecule has 5 heteroatoms. The van der Waals surface area contributed by atoms with Crippen molar-refractivity contribution in [1.29, 1.82) is 0 Å². The van der Waals surface area contributed by atoms with E-state index in [0.717, 1.165) is 37.8 Å². The number of benzene rings is 1. The number of ether oxygens (including phenoxy) is 1. The SMILES string of the molecule is CCOCCCNc1nccn1-c1ccc(F)cc1. The van der Waals surface area contributed by atoms with E-state index in [9.17, 15) is 4.39 Å². The summed E-state index contributed by atoms with van der Waals surface area (Å²) in [5, 5.41) is 3.24. The summed E-state index contributed by atoms with van der Waals surface area (Å²) < 4.78 is 20.1. The third-order valence-electron chi connectivity index (χ3n) is 2.70. The van der Waals surface area contributed by atoms with Crippen molar-refractivity contribution in [3.8, 4) is 5.69 Å². The zero-order chi connectivity index (χ0) is 13.5. The lowest BCUT2D eigenvalue weighted by atomic mass is 10.3. The molecule has 19 heavy (non-hydrogen) atoms. The van der Waals surface area contributed by atoms with Gasteiger partial charge in [-0.05, 0) is 37.6 Å². The number of rotatable bonds is 7. The summed E-state index contributed by atoms with van der Waals surface area (Å²) >= 11 is 0. The number of imidazole rings is 1. The van der Waals surface area contributed by atoms with Gasteiger partial charge in [-0.15, -0.1) is 0 Å². The van der Waals surface area contributed by atoms with Crippen molar-refractivity contribution >= 4 is 5.95 Å². The van der Waals surface area contributed by atoms with E-state index < -0.39 is 0 Å². The molecule has 1 N–H and O–H groups in total. The summed E-state index contributed by atoms with van der Waals surface area (Å²) in [6.07, 6.45) is 4.48. The molecular formula is C14H18FN3O. The molecule has 1 aromatic heterocycles. The lowest BCUT2D eigenvalue weighted by Gasteiger charge is -2.09. The summed E-state index contributed by atoms with van der Waals surface area (Å²) in [5.41, 5.74) is 0.881. The molecule has 0 aliphatic rings. The van der Waals surface area contributed by atoms with Crippen LogP contribution in [0.15, 0.2) is 36.7 Å². The fourth-order valence-electron chi connectivity index (χ4n) is 1.76. The monoisotopic (exact) mass is 263 g/mol. The molecule has 1 heterocycles. The molecule has 0 unspecified atom stereocenters. The molecule has 102 valence electrons. The van der Waals surface area contributed by atoms with Crippen molar-refractivity contribution in [1.82, 2.24) is 9.55 Å². The number of hydrogen-bond acceptors (Lipinski definition) is 3. The fraction of sp³-hybridized carbons (Fsp3) is 0.357. The van der Waals surface area contributed by atoms with Gasteiger partial charge in [-0.2, -0.15) is 0 Å². The second kappa shape index (κ2) is 6.89. The maximum atomic E-state index is 12.9. The Morgan fingerprint density at radius 1 is 1.32 bits per heavy atom. The van der Waals surface area contributed by atoms with Crippen LogP contribution in [0.4, 0.5) is 10.3 Å². The minimum Gasteiger partial charge on any atom is -0.382 e. The van der Waals surface area contributed by atoms with E-state index in [1.54, 1.807) is 18.3 Å². The second-order valence-electron chi connectivity index (χ2n) is 4.07. The topological polar surface area (TPSA) is 39.1 Å². The van der Waals surface area contributed by atoms with Gasteiger partial charge >= 0.3 is 0 Å². The predicted molar refractivity (Wildman–Crippen MR) is 73.1 cm³/mol. The molecule has 1 aromatic carbocycles. The largest absolute Gasteiger partial charge is 0.382 e. The van der Waals surface area contributed by atoms with Crippen LogP contribution >= 0.6 is 0 Å². The van der Waals surface area contributed by atoms with E-state index in [2.05, 4.69) is 10.3 Å². The van der Waals surface area contributed by atoms with Crippen LogP contribution in [0.5, 0.6) is 0 Å². The van der Waals surface area contributed by atoms with Crippen LogP contribution in [0.2, 0.25) is 0 Å². The summed E-state index contributed by atoms with van der Waals surface area (Å²) in [6.45, 7) is 4.25. The van der Waals surface area contributed by atoms with Gasteiger partial charge in [0.1, 0.15) is 5.82 Å². The van der Waals surface area contributed by atoms with Gasteiger partial charge in [0.2, 0.25) is 5.95 Å². The lowest BCUT2D eigenvalue weighted by molar-refractivity contribution is 0.147. The minimum atomic E-state index is -0.241. The molecular weight excluding hydrogens is 245 g/mol. The third-order valence-corrected chi connectivity index (χ3v) is 2.70. The van der Waals surface area contributed by atoms with Gasteiger partial charge in [0.25, 0.3) is 0 Å². The molecule has 0 radical (unpaired) electrons. The number of nitrogens with zero attached hydrogens (tertiary/aromatic N) is 2. The average Bonchev–Trinajstić information content (AvgIpc) is 2.88. The Labute approximate surface area is 112 Å². The molecule has 0 amide bonds. The Morgan fingerprint density at radius 2 is 2.11 bits per heavy atom. The summed E-state index contributed by atoms with van der Waals surface area (Å²) in [4.78, 5) is 4.25. The van der Waals surface area contributed by atoms with Gasteiger partial charge in [-0.3, -0.25) is 4.57 Å². The quantitative estimate of drug-likeness (QED) is 0.781. The summed E-state index contributed by atoms with van der Waals surface area (Å²) in [6, 6.07) is 6.33. The number of anilines is 1. The van der Waals surface area contributed by atoms with Crippen molar-refractivity contribution in [2.75, 3.05) is 25.1 Å². The van der Waals surface area contributed by atoms with Gasteiger partial charge in [0, 0.05) is 37.8 Å². The lowest BCUT2D eigenvalue weighted by Crippen LogP contribution is -2.09. The first-order valence-corrected chi connectivity index (χ1v) is 6.42. The van der Waals surface area contributed by atoms with Crippen LogP contribution < -0.4 is 5.32 Å². The van der Waals surface area contributed by atoms with Gasteiger partial charge in [-0.25, -0.2) is 9.37 Å². The Kier molecular flexibility index (Phi) is 4.92. The average molecular weight is 263 g/mol. The highest BCUT2D eigenvalue weighted by molar-refractivity contribution is 5.41. The Morgan fingerprint density at radius 3 is 2.84 bits per heavy atom. The molecule has 0 aliphatic heterocycles. The number of halogens is 1. The van der Waals surface area contributed by atoms with Crippen molar-refractivity contribution in [2.45, 2.75) is 13.3 Å². The van der Waals surface area contributed by atoms with Gasteiger partial charge in [-0.1, -0.05) is 0 Å². The molecule has 2 rings (SSSR count). The van der Waals surface area contributed by atoms with E-state index >= 15 is 0 Å². The standard InChI is InChI=1S/C14H18FN3O/c1-2-19-11-3-8-16-14-17-9-10-18(14)13-6-4-12(15)5-7-13/h4-7,9-10H,2-3,8,11H2,1H3,(H,16,17). The minimum absolute atomic E-state index is 0.241. The molecule has 0 spiro atoms. The Balaban J connectivity index is 1.96. The first-order chi connectivity index (χ1) is 9.31. The number of nitrogens with one attached hydrogen (secondary N) is 1. The molecule has 0 saturated carbocycles. The smallest absolute Gasteiger partial charge is 0.207 e. The number of hydrogen-bond donors (Lipinski definition) is 1. The maximum absolute atomic E-state index is 12.9. The zero-order valence-corrected chi connectivity index (χ0v) is 11.0. The number of aromatic nitrogens is 2. The first kappa shape index (κ1) is 13.5. The molecule has 0 fully saturated rings. The van der Waals surface area contributed by atoms with E-state index in [1.807, 2.05) is 17.7 Å². The van der Waals surface area contributed by atoms with Crippen molar-refractivity contribution in [3.63, 3.8) is 0 Å². The first-order valence-electron chi connectivity index (χ1n) is 6.42. The van der Waals surface area contributed by atoms with Crippen LogP contribution in [-0.4, -0.2) is 29.3 Å². The zero-order valence-electron chi connectivity index (χ0n) is 11.0. The van der Waals surface area contributed by atoms with Gasteiger partial charge in [0.15, 0.2) is 0 Å². The van der Waals surface area contributed by atoms with Crippen LogP contribution in [-0.2, 0) is 4.74 Å². The Bertz CT molecular complexity index is 496. The normalized spacial score (nSPS) is 10.6. The van der Waals surface area contributed by atoms with Crippen LogP contribution in [0.3, 0.4) is 0 Å². The highest BCUT2D eigenvalue weighted by Crippen LogP contribution is 2.14. The molecule has 0 bridgehead atoms. The molecule has 2 aromatic rings. The molecule has 0 saturated heterocycles. The van der Waals surface area contributed by atoms with Crippen molar-refractivity contribution < 1.29 is 9.13 Å². The van der Waals surface area contributed by atoms with Crippen LogP contribution in [0, 0.1) is 5.82 Å². The van der Waals surface area contributed by atoms with Gasteiger partial charge in [0.05, 0.1) is 0 Å². The van der Waals surface area contributed by atoms with E-state index in [4.69, 9.17) is 4.74 Å². The summed E-state index contributed by atoms with van der Waals surface area (Å²) in [7, 11) is 0. The molecule has 0 atom stereocenters. The highest BCUT2D eigenvalue weighted by Gasteiger charge is 2.04. The maximum Gasteiger partial charge on any atom is 0.207 e. The third kappa shape index (κ3) is 3.79. The van der Waals surface area contributed by atoms with Crippen molar-refractivity contribution in [3.05, 3.63) is 42.5 Å². The van der Waals surface area contributed by atoms with E-state index in [0.29, 0.717) is 0 Å². The van der Waals surface area contributed by atoms with Crippen LogP contribution in [0.25, 0.3) is 5.69 Å². The fourth-order valence-corrected chi connectivity index (χ4v) is 1.76. The van der Waals surface area contributed by atoms with Crippen molar-refractivity contribution in [2.24, 2.45) is 0 Å². The van der Waals surface area contributed by atoms with Gasteiger partial charge < -0.3 is 10.1 Å². The molecule has 0 aliphatic carbocycles. The second-order valence-corrected chi connectivity index (χ2v) is 4.07. The molecule has 4 nitrogen and oxygen atoms in total. The Hall–Kier alpha value is -1.88. The summed E-state index contributed by atoms with van der Waals surface area (Å²) in [5.74, 6) is 0.512. The van der Waals surface area contributed by atoms with Crippen LogP contribution in [0.1, 0.15) is 13.3 Å². The highest BCUT2D eigenvalue weighted by atomic mass is 19.1. The predicted octanol–water partition coefficient (Wildman–Crippen LogP) is 2.85.